The highest BCUT2D eigenvalue weighted by Gasteiger charge is 2.14. The van der Waals surface area contributed by atoms with Crippen LogP contribution in [0.2, 0.25) is 0 Å². The van der Waals surface area contributed by atoms with Gasteiger partial charge in [0.15, 0.2) is 0 Å². The summed E-state index contributed by atoms with van der Waals surface area (Å²) in [4.78, 5) is 0. The van der Waals surface area contributed by atoms with Crippen molar-refractivity contribution in [1.82, 2.24) is 0 Å². The lowest BCUT2D eigenvalue weighted by molar-refractivity contribution is 0.471. The fourth-order valence-corrected chi connectivity index (χ4v) is 5.88. The smallest absolute Gasteiger partial charge is 0.118 e. The van der Waals surface area contributed by atoms with Crippen LogP contribution in [0.3, 0.4) is 0 Å². The molecule has 43 heavy (non-hydrogen) atoms. The van der Waals surface area contributed by atoms with Gasteiger partial charge in [0, 0.05) is 0 Å². The second kappa shape index (κ2) is 12.4. The predicted molar refractivity (Wildman–Crippen MR) is 178 cm³/mol. The zero-order chi connectivity index (χ0) is 29.8. The van der Waals surface area contributed by atoms with Gasteiger partial charge < -0.3 is 10.2 Å². The molecule has 6 aromatic rings. The summed E-state index contributed by atoms with van der Waals surface area (Å²) in [6.07, 6.45) is 2.47. The molecule has 6 aromatic carbocycles. The van der Waals surface area contributed by atoms with Gasteiger partial charge in [-0.1, -0.05) is 109 Å². The minimum absolute atomic E-state index is 0.310. The number of rotatable bonds is 8. The van der Waals surface area contributed by atoms with Crippen LogP contribution in [0.25, 0.3) is 22.3 Å². The van der Waals surface area contributed by atoms with Crippen LogP contribution in [0, 0.1) is 13.8 Å². The number of benzene rings is 6. The Labute approximate surface area is 254 Å². The van der Waals surface area contributed by atoms with Crippen LogP contribution in [-0.2, 0) is 19.3 Å². The van der Waals surface area contributed by atoms with Crippen LogP contribution >= 0.6 is 0 Å². The van der Waals surface area contributed by atoms with Crippen LogP contribution in [-0.4, -0.2) is 10.2 Å². The molecule has 0 saturated heterocycles. The molecule has 2 heteroatoms. The van der Waals surface area contributed by atoms with Gasteiger partial charge in [0.1, 0.15) is 11.5 Å². The van der Waals surface area contributed by atoms with Gasteiger partial charge in [-0.2, -0.15) is 0 Å². The van der Waals surface area contributed by atoms with Crippen molar-refractivity contribution in [3.63, 3.8) is 0 Å². The number of phenols is 2. The first-order valence-electron chi connectivity index (χ1n) is 14.8. The van der Waals surface area contributed by atoms with Gasteiger partial charge in [0.2, 0.25) is 0 Å². The van der Waals surface area contributed by atoms with Crippen LogP contribution < -0.4 is 0 Å². The van der Waals surface area contributed by atoms with Crippen LogP contribution in [0.4, 0.5) is 0 Å². The molecule has 2 N–H and O–H groups in total. The zero-order valence-electron chi connectivity index (χ0n) is 24.7. The zero-order valence-corrected chi connectivity index (χ0v) is 24.7. The molecule has 0 radical (unpaired) electrons. The molecule has 0 aliphatic heterocycles. The number of aryl methyl sites for hydroxylation is 2. The van der Waals surface area contributed by atoms with E-state index in [9.17, 15) is 10.2 Å². The van der Waals surface area contributed by atoms with E-state index in [4.69, 9.17) is 0 Å². The molecule has 0 bridgehead atoms. The Hall–Kier alpha value is -5.08. The second-order valence-corrected chi connectivity index (χ2v) is 11.5. The van der Waals surface area contributed by atoms with Gasteiger partial charge in [-0.15, -0.1) is 0 Å². The third-order valence-electron chi connectivity index (χ3n) is 8.24. The summed E-state index contributed by atoms with van der Waals surface area (Å²) in [7, 11) is 0. The summed E-state index contributed by atoms with van der Waals surface area (Å²) in [5, 5.41) is 20.5. The van der Waals surface area contributed by atoms with E-state index < -0.39 is 0 Å². The average Bonchev–Trinajstić information content (AvgIpc) is 3.01. The van der Waals surface area contributed by atoms with Crippen molar-refractivity contribution in [3.8, 4) is 33.8 Å². The lowest BCUT2D eigenvalue weighted by Gasteiger charge is -2.18. The fourth-order valence-electron chi connectivity index (χ4n) is 5.88. The van der Waals surface area contributed by atoms with Crippen LogP contribution in [0.1, 0.15) is 44.5 Å². The van der Waals surface area contributed by atoms with E-state index >= 15 is 0 Å². The first kappa shape index (κ1) is 28.1. The van der Waals surface area contributed by atoms with Crippen molar-refractivity contribution in [2.45, 2.75) is 33.1 Å². The van der Waals surface area contributed by atoms with Gasteiger partial charge in [0.05, 0.1) is 0 Å². The van der Waals surface area contributed by atoms with Gasteiger partial charge >= 0.3 is 0 Å². The molecule has 0 fully saturated rings. The topological polar surface area (TPSA) is 40.5 Å². The Morgan fingerprint density at radius 3 is 1.21 bits per heavy atom. The maximum absolute atomic E-state index is 10.2. The standard InChI is InChI=1S/C41H36O2/c1-28-21-34(15-19-40(28)42)38-17-13-32(23-30-9-5-3-6-10-30)25-36(38)27-37-26-33(24-31-11-7-4-8-12-31)14-18-39(37)35-16-20-41(43)29(2)22-35/h3-22,25-26,42-43H,23-24,27H2,1-2H3. The van der Waals surface area contributed by atoms with E-state index in [1.54, 1.807) is 12.1 Å². The summed E-state index contributed by atoms with van der Waals surface area (Å²) in [6, 6.07) is 46.5. The molecule has 0 spiro atoms. The highest BCUT2D eigenvalue weighted by molar-refractivity contribution is 5.74. The molecule has 212 valence electrons. The summed E-state index contributed by atoms with van der Waals surface area (Å²) < 4.78 is 0. The molecule has 0 atom stereocenters. The monoisotopic (exact) mass is 560 g/mol. The lowest BCUT2D eigenvalue weighted by Crippen LogP contribution is -2.00. The maximum Gasteiger partial charge on any atom is 0.118 e. The van der Waals surface area contributed by atoms with E-state index in [2.05, 4.69) is 109 Å². The van der Waals surface area contributed by atoms with Gasteiger partial charge in [-0.3, -0.25) is 0 Å². The Morgan fingerprint density at radius 2 is 0.814 bits per heavy atom. The predicted octanol–water partition coefficient (Wildman–Crippen LogP) is 9.82. The quantitative estimate of drug-likeness (QED) is 0.194. The molecule has 0 saturated carbocycles. The molecule has 6 rings (SSSR count). The van der Waals surface area contributed by atoms with E-state index in [0.717, 1.165) is 41.5 Å². The van der Waals surface area contributed by atoms with E-state index in [0.29, 0.717) is 11.5 Å². The molecule has 0 aliphatic rings. The van der Waals surface area contributed by atoms with Crippen molar-refractivity contribution >= 4 is 0 Å². The van der Waals surface area contributed by atoms with Crippen LogP contribution in [0.15, 0.2) is 133 Å². The molecular formula is C41H36O2. The van der Waals surface area contributed by atoms with Gasteiger partial charge in [-0.05, 0) is 124 Å². The molecule has 0 heterocycles. The van der Waals surface area contributed by atoms with E-state index in [1.165, 1.54) is 44.5 Å². The molecule has 0 aliphatic carbocycles. The van der Waals surface area contributed by atoms with Crippen molar-refractivity contribution < 1.29 is 10.2 Å². The van der Waals surface area contributed by atoms with Gasteiger partial charge in [-0.25, -0.2) is 0 Å². The van der Waals surface area contributed by atoms with E-state index in [1.807, 2.05) is 26.0 Å². The Kier molecular flexibility index (Phi) is 8.11. The molecule has 2 nitrogen and oxygen atoms in total. The summed E-state index contributed by atoms with van der Waals surface area (Å²) >= 11 is 0. The molecule has 0 amide bonds. The lowest BCUT2D eigenvalue weighted by atomic mass is 9.87. The third kappa shape index (κ3) is 6.55. The highest BCUT2D eigenvalue weighted by atomic mass is 16.3. The number of hydrogen-bond donors (Lipinski definition) is 2. The molecule has 0 unspecified atom stereocenters. The van der Waals surface area contributed by atoms with E-state index in [-0.39, 0.29) is 0 Å². The van der Waals surface area contributed by atoms with Crippen molar-refractivity contribution in [3.05, 3.63) is 178 Å². The SMILES string of the molecule is Cc1cc(-c2ccc(Cc3ccccc3)cc2Cc2cc(Cc3ccccc3)ccc2-c2ccc(O)c(C)c2)ccc1O. The number of phenolic OH excluding ortho intramolecular Hbond substituents is 2. The fraction of sp³-hybridized carbons (Fsp3) is 0.122. The van der Waals surface area contributed by atoms with Crippen molar-refractivity contribution in [1.29, 1.82) is 0 Å². The van der Waals surface area contributed by atoms with Crippen molar-refractivity contribution in [2.75, 3.05) is 0 Å². The minimum atomic E-state index is 0.310. The minimum Gasteiger partial charge on any atom is -0.508 e. The number of hydrogen-bond acceptors (Lipinski definition) is 2. The summed E-state index contributed by atoms with van der Waals surface area (Å²) in [5.74, 6) is 0.620. The third-order valence-corrected chi connectivity index (χ3v) is 8.24. The Morgan fingerprint density at radius 1 is 0.395 bits per heavy atom. The summed E-state index contributed by atoms with van der Waals surface area (Å²) in [6.45, 7) is 3.89. The number of aromatic hydroxyl groups is 2. The maximum atomic E-state index is 10.2. The summed E-state index contributed by atoms with van der Waals surface area (Å²) in [5.41, 5.74) is 13.8. The van der Waals surface area contributed by atoms with Gasteiger partial charge in [0.25, 0.3) is 0 Å². The molecule has 0 aromatic heterocycles. The average molecular weight is 561 g/mol. The Bertz CT molecular complexity index is 1730. The highest BCUT2D eigenvalue weighted by Crippen LogP contribution is 2.35. The normalized spacial score (nSPS) is 11.0. The Balaban J connectivity index is 1.47. The second-order valence-electron chi connectivity index (χ2n) is 11.5. The first-order chi connectivity index (χ1) is 20.9. The van der Waals surface area contributed by atoms with Crippen molar-refractivity contribution in [2.24, 2.45) is 0 Å². The largest absolute Gasteiger partial charge is 0.508 e. The van der Waals surface area contributed by atoms with Crippen LogP contribution in [0.5, 0.6) is 11.5 Å². The first-order valence-corrected chi connectivity index (χ1v) is 14.8. The molecular weight excluding hydrogens is 524 g/mol.